The molecule has 0 bridgehead atoms. The van der Waals surface area contributed by atoms with Crippen LogP contribution in [0.25, 0.3) is 0 Å². The number of nitrogens with zero attached hydrogens (tertiary/aromatic N) is 1. The second-order valence-corrected chi connectivity index (χ2v) is 4.86. The highest BCUT2D eigenvalue weighted by Gasteiger charge is 2.11. The summed E-state index contributed by atoms with van der Waals surface area (Å²) >= 11 is 0. The molecule has 0 spiro atoms. The molecule has 2 rings (SSSR count). The summed E-state index contributed by atoms with van der Waals surface area (Å²) in [6, 6.07) is 11.6. The normalized spacial score (nSPS) is 11.4. The van der Waals surface area contributed by atoms with Gasteiger partial charge in [-0.1, -0.05) is 43.7 Å². The minimum absolute atomic E-state index is 0.244. The van der Waals surface area contributed by atoms with Crippen LogP contribution in [-0.4, -0.2) is 11.6 Å². The monoisotopic (exact) mass is 284 g/mol. The van der Waals surface area contributed by atoms with E-state index in [1.165, 1.54) is 6.26 Å². The van der Waals surface area contributed by atoms with Crippen molar-refractivity contribution >= 4 is 11.6 Å². The number of carbonyl (C=O) groups is 1. The van der Waals surface area contributed by atoms with Crippen LogP contribution >= 0.6 is 0 Å². The van der Waals surface area contributed by atoms with E-state index in [-0.39, 0.29) is 5.91 Å². The van der Waals surface area contributed by atoms with Gasteiger partial charge in [-0.2, -0.15) is 5.10 Å². The van der Waals surface area contributed by atoms with E-state index >= 15 is 0 Å². The van der Waals surface area contributed by atoms with Crippen LogP contribution in [0, 0.1) is 6.92 Å². The lowest BCUT2D eigenvalue weighted by Crippen LogP contribution is -2.20. The van der Waals surface area contributed by atoms with Crippen molar-refractivity contribution in [2.75, 3.05) is 0 Å². The SMILES string of the molecule is CCCC/C(=N\NC(=O)c1ccoc1C)c1ccccc1. The molecule has 110 valence electrons. The van der Waals surface area contributed by atoms with Crippen molar-refractivity contribution in [2.24, 2.45) is 5.10 Å². The number of amides is 1. The number of hydrogen-bond acceptors (Lipinski definition) is 3. The number of hydrazone groups is 1. The zero-order chi connectivity index (χ0) is 15.1. The number of carbonyl (C=O) groups excluding carboxylic acids is 1. The van der Waals surface area contributed by atoms with Crippen molar-refractivity contribution in [3.8, 4) is 0 Å². The minimum atomic E-state index is -0.244. The molecule has 4 heteroatoms. The van der Waals surface area contributed by atoms with Crippen LogP contribution in [0.2, 0.25) is 0 Å². The summed E-state index contributed by atoms with van der Waals surface area (Å²) in [5.74, 6) is 0.351. The highest BCUT2D eigenvalue weighted by atomic mass is 16.3. The Balaban J connectivity index is 2.13. The third-order valence-corrected chi connectivity index (χ3v) is 3.27. The van der Waals surface area contributed by atoms with Crippen molar-refractivity contribution in [1.29, 1.82) is 0 Å². The predicted octanol–water partition coefficient (Wildman–Crippen LogP) is 3.91. The average Bonchev–Trinajstić information content (AvgIpc) is 2.94. The third kappa shape index (κ3) is 4.05. The van der Waals surface area contributed by atoms with E-state index in [9.17, 15) is 4.79 Å². The lowest BCUT2D eigenvalue weighted by Gasteiger charge is -2.07. The van der Waals surface area contributed by atoms with Gasteiger partial charge in [0, 0.05) is 0 Å². The second kappa shape index (κ2) is 7.43. The van der Waals surface area contributed by atoms with Crippen molar-refractivity contribution in [2.45, 2.75) is 33.1 Å². The molecule has 2 aromatic rings. The molecular formula is C17H20N2O2. The molecule has 0 saturated carbocycles. The first-order valence-corrected chi connectivity index (χ1v) is 7.18. The summed E-state index contributed by atoms with van der Waals surface area (Å²) in [6.07, 6.45) is 4.46. The maximum absolute atomic E-state index is 12.1. The van der Waals surface area contributed by atoms with Gasteiger partial charge in [-0.25, -0.2) is 5.43 Å². The molecule has 0 saturated heterocycles. The summed E-state index contributed by atoms with van der Waals surface area (Å²) in [5, 5.41) is 4.30. The fraction of sp³-hybridized carbons (Fsp3) is 0.294. The molecular weight excluding hydrogens is 264 g/mol. The molecule has 21 heavy (non-hydrogen) atoms. The summed E-state index contributed by atoms with van der Waals surface area (Å²) in [7, 11) is 0. The Hall–Kier alpha value is -2.36. The fourth-order valence-electron chi connectivity index (χ4n) is 2.04. The Morgan fingerprint density at radius 1 is 1.24 bits per heavy atom. The first-order chi connectivity index (χ1) is 10.2. The van der Waals surface area contributed by atoms with Gasteiger partial charge in [0.2, 0.25) is 0 Å². The Morgan fingerprint density at radius 2 is 2.00 bits per heavy atom. The molecule has 0 fully saturated rings. The van der Waals surface area contributed by atoms with Crippen LogP contribution in [0.3, 0.4) is 0 Å². The molecule has 0 aliphatic carbocycles. The maximum Gasteiger partial charge on any atom is 0.274 e. The number of aryl methyl sites for hydroxylation is 1. The summed E-state index contributed by atoms with van der Waals surface area (Å²) in [5.41, 5.74) is 5.07. The van der Waals surface area contributed by atoms with Gasteiger partial charge in [-0.15, -0.1) is 0 Å². The smallest absolute Gasteiger partial charge is 0.274 e. The number of furan rings is 1. The molecule has 1 N–H and O–H groups in total. The molecule has 0 unspecified atom stereocenters. The van der Waals surface area contributed by atoms with E-state index in [1.54, 1.807) is 13.0 Å². The van der Waals surface area contributed by atoms with Crippen molar-refractivity contribution in [1.82, 2.24) is 5.43 Å². The lowest BCUT2D eigenvalue weighted by molar-refractivity contribution is 0.0953. The van der Waals surface area contributed by atoms with Gasteiger partial charge in [0.25, 0.3) is 5.91 Å². The van der Waals surface area contributed by atoms with Gasteiger partial charge in [0.1, 0.15) is 5.76 Å². The van der Waals surface area contributed by atoms with Gasteiger partial charge >= 0.3 is 0 Å². The van der Waals surface area contributed by atoms with Gasteiger partial charge in [-0.05, 0) is 31.4 Å². The minimum Gasteiger partial charge on any atom is -0.469 e. The van der Waals surface area contributed by atoms with Gasteiger partial charge in [0.15, 0.2) is 0 Å². The van der Waals surface area contributed by atoms with Crippen LogP contribution in [0.4, 0.5) is 0 Å². The van der Waals surface area contributed by atoms with E-state index < -0.39 is 0 Å². The van der Waals surface area contributed by atoms with Gasteiger partial charge < -0.3 is 4.42 Å². The molecule has 1 aromatic carbocycles. The molecule has 1 amide bonds. The Bertz CT molecular complexity index is 615. The standard InChI is InChI=1S/C17H20N2O2/c1-3-4-10-16(14-8-6-5-7-9-14)18-19-17(20)15-11-12-21-13(15)2/h5-9,11-12H,3-4,10H2,1-2H3,(H,19,20)/b18-16+. The summed E-state index contributed by atoms with van der Waals surface area (Å²) in [4.78, 5) is 12.1. The Labute approximate surface area is 124 Å². The zero-order valence-electron chi connectivity index (χ0n) is 12.4. The first-order valence-electron chi connectivity index (χ1n) is 7.18. The number of unbranched alkanes of at least 4 members (excludes halogenated alkanes) is 1. The number of rotatable bonds is 6. The van der Waals surface area contributed by atoms with Gasteiger partial charge in [-0.3, -0.25) is 4.79 Å². The molecule has 0 radical (unpaired) electrons. The van der Waals surface area contributed by atoms with Crippen LogP contribution in [0.15, 0.2) is 52.2 Å². The predicted molar refractivity (Wildman–Crippen MR) is 83.4 cm³/mol. The quantitative estimate of drug-likeness (QED) is 0.646. The number of nitrogens with one attached hydrogen (secondary N) is 1. The van der Waals surface area contributed by atoms with Crippen LogP contribution in [0.5, 0.6) is 0 Å². The second-order valence-electron chi connectivity index (χ2n) is 4.86. The highest BCUT2D eigenvalue weighted by Crippen LogP contribution is 2.10. The first kappa shape index (κ1) is 15.0. The van der Waals surface area contributed by atoms with Crippen LogP contribution in [-0.2, 0) is 0 Å². The van der Waals surface area contributed by atoms with E-state index in [1.807, 2.05) is 30.3 Å². The Kier molecular flexibility index (Phi) is 5.32. The largest absolute Gasteiger partial charge is 0.469 e. The van der Waals surface area contributed by atoms with Crippen molar-refractivity contribution < 1.29 is 9.21 Å². The number of benzene rings is 1. The van der Waals surface area contributed by atoms with Gasteiger partial charge in [0.05, 0.1) is 17.5 Å². The van der Waals surface area contributed by atoms with E-state index in [4.69, 9.17) is 4.42 Å². The van der Waals surface area contributed by atoms with Crippen LogP contribution in [0.1, 0.15) is 47.9 Å². The molecule has 0 aliphatic rings. The van der Waals surface area contributed by atoms with E-state index in [2.05, 4.69) is 17.5 Å². The van der Waals surface area contributed by atoms with Crippen molar-refractivity contribution in [3.05, 3.63) is 59.5 Å². The zero-order valence-corrected chi connectivity index (χ0v) is 12.4. The topological polar surface area (TPSA) is 54.6 Å². The van der Waals surface area contributed by atoms with Crippen molar-refractivity contribution in [3.63, 3.8) is 0 Å². The van der Waals surface area contributed by atoms with E-state index in [0.717, 1.165) is 30.5 Å². The average molecular weight is 284 g/mol. The molecule has 4 nitrogen and oxygen atoms in total. The third-order valence-electron chi connectivity index (χ3n) is 3.27. The number of hydrogen-bond donors (Lipinski definition) is 1. The summed E-state index contributed by atoms with van der Waals surface area (Å²) in [6.45, 7) is 3.89. The summed E-state index contributed by atoms with van der Waals surface area (Å²) < 4.78 is 5.13. The molecule has 0 aliphatic heterocycles. The molecule has 1 heterocycles. The Morgan fingerprint density at radius 3 is 2.62 bits per heavy atom. The highest BCUT2D eigenvalue weighted by molar-refractivity contribution is 6.02. The fourth-order valence-corrected chi connectivity index (χ4v) is 2.04. The lowest BCUT2D eigenvalue weighted by atomic mass is 10.1. The maximum atomic E-state index is 12.1. The van der Waals surface area contributed by atoms with Crippen LogP contribution < -0.4 is 5.43 Å². The molecule has 0 atom stereocenters. The van der Waals surface area contributed by atoms with E-state index in [0.29, 0.717) is 11.3 Å². The molecule has 1 aromatic heterocycles.